The van der Waals surface area contributed by atoms with Gasteiger partial charge in [0, 0.05) is 57.5 Å². The summed E-state index contributed by atoms with van der Waals surface area (Å²) in [6.45, 7) is 7.85. The monoisotopic (exact) mass is 538 g/mol. The molecule has 0 aliphatic carbocycles. The fraction of sp³-hybridized carbons (Fsp3) is 0.667. The van der Waals surface area contributed by atoms with Crippen molar-refractivity contribution in [3.8, 4) is 5.75 Å². The molecule has 2 rings (SSSR count). The van der Waals surface area contributed by atoms with E-state index in [1.165, 1.54) is 0 Å². The zero-order valence-electron chi connectivity index (χ0n) is 17.9. The summed E-state index contributed by atoms with van der Waals surface area (Å²) in [5.74, 6) is 1.67. The van der Waals surface area contributed by atoms with Crippen LogP contribution < -0.4 is 15.4 Å². The van der Waals surface area contributed by atoms with Crippen molar-refractivity contribution in [2.75, 3.05) is 53.6 Å². The van der Waals surface area contributed by atoms with Crippen LogP contribution in [-0.2, 0) is 11.2 Å². The number of piperidine rings is 1. The van der Waals surface area contributed by atoms with Gasteiger partial charge in [0.15, 0.2) is 5.96 Å². The highest BCUT2D eigenvalue weighted by Crippen LogP contribution is 2.22. The van der Waals surface area contributed by atoms with E-state index >= 15 is 0 Å². The van der Waals surface area contributed by atoms with Crippen LogP contribution in [0.2, 0.25) is 5.02 Å². The Balaban J connectivity index is 0.00000420. The predicted molar refractivity (Wildman–Crippen MR) is 132 cm³/mol. The van der Waals surface area contributed by atoms with Crippen molar-refractivity contribution in [2.45, 2.75) is 38.6 Å². The molecular weight excluding hydrogens is 503 g/mol. The highest BCUT2D eigenvalue weighted by atomic mass is 127. The number of benzene rings is 1. The maximum absolute atomic E-state index is 6.33. The van der Waals surface area contributed by atoms with Crippen LogP contribution >= 0.6 is 35.6 Å². The summed E-state index contributed by atoms with van der Waals surface area (Å²) in [6.07, 6.45) is 4.19. The fourth-order valence-electron chi connectivity index (χ4n) is 3.39. The molecule has 2 N–H and O–H groups in total. The lowest BCUT2D eigenvalue weighted by molar-refractivity contribution is 0.155. The first kappa shape index (κ1) is 26.3. The summed E-state index contributed by atoms with van der Waals surface area (Å²) in [4.78, 5) is 7.26. The van der Waals surface area contributed by atoms with Crippen LogP contribution in [0.15, 0.2) is 23.2 Å². The third-order valence-electron chi connectivity index (χ3n) is 5.01. The van der Waals surface area contributed by atoms with Gasteiger partial charge in [-0.25, -0.2) is 0 Å². The number of likely N-dealkylation sites (tertiary alicyclic amines) is 1. The van der Waals surface area contributed by atoms with Gasteiger partial charge in [-0.15, -0.1) is 24.0 Å². The quantitative estimate of drug-likeness (QED) is 0.206. The number of nitrogens with one attached hydrogen (secondary N) is 2. The molecule has 0 saturated carbocycles. The van der Waals surface area contributed by atoms with Gasteiger partial charge < -0.3 is 25.0 Å². The Labute approximate surface area is 197 Å². The topological polar surface area (TPSA) is 58.1 Å². The molecule has 0 radical (unpaired) electrons. The third kappa shape index (κ3) is 9.72. The molecule has 166 valence electrons. The molecule has 6 nitrogen and oxygen atoms in total. The minimum atomic E-state index is 0. The van der Waals surface area contributed by atoms with Gasteiger partial charge in [-0.05, 0) is 50.3 Å². The average Bonchev–Trinajstić information content (AvgIpc) is 2.70. The van der Waals surface area contributed by atoms with Gasteiger partial charge in [-0.3, -0.25) is 4.99 Å². The van der Waals surface area contributed by atoms with Crippen LogP contribution in [0.4, 0.5) is 0 Å². The van der Waals surface area contributed by atoms with Crippen molar-refractivity contribution in [1.29, 1.82) is 0 Å². The number of guanidine groups is 1. The molecule has 29 heavy (non-hydrogen) atoms. The fourth-order valence-corrected chi connectivity index (χ4v) is 3.66. The molecule has 1 heterocycles. The molecule has 0 bridgehead atoms. The Morgan fingerprint density at radius 1 is 1.28 bits per heavy atom. The van der Waals surface area contributed by atoms with Crippen molar-refractivity contribution in [2.24, 2.45) is 4.99 Å². The van der Waals surface area contributed by atoms with E-state index in [0.717, 1.165) is 80.8 Å². The molecule has 1 aromatic rings. The summed E-state index contributed by atoms with van der Waals surface area (Å²) >= 11 is 6.33. The Bertz CT molecular complexity index is 610. The number of ether oxygens (including phenoxy) is 2. The molecular formula is C21H36ClIN4O2. The molecule has 1 aliphatic rings. The molecule has 0 spiro atoms. The van der Waals surface area contributed by atoms with E-state index in [9.17, 15) is 0 Å². The van der Waals surface area contributed by atoms with Crippen LogP contribution in [0.1, 0.15) is 31.7 Å². The van der Waals surface area contributed by atoms with E-state index in [1.54, 1.807) is 14.2 Å². The van der Waals surface area contributed by atoms with Crippen molar-refractivity contribution in [3.63, 3.8) is 0 Å². The summed E-state index contributed by atoms with van der Waals surface area (Å²) in [5.41, 5.74) is 1.09. The van der Waals surface area contributed by atoms with E-state index in [4.69, 9.17) is 26.1 Å². The zero-order chi connectivity index (χ0) is 20.2. The summed E-state index contributed by atoms with van der Waals surface area (Å²) in [6, 6.07) is 6.27. The molecule has 0 amide bonds. The van der Waals surface area contributed by atoms with Crippen molar-refractivity contribution >= 4 is 41.5 Å². The van der Waals surface area contributed by atoms with Crippen LogP contribution in [0.3, 0.4) is 0 Å². The van der Waals surface area contributed by atoms with Crippen LogP contribution in [-0.4, -0.2) is 70.5 Å². The van der Waals surface area contributed by atoms with Gasteiger partial charge in [-0.2, -0.15) is 0 Å². The standard InChI is InChI=1S/C21H35ClN4O2.HI/c1-4-23-21(24-11-8-17-6-7-19(28-3)16-20(17)22)25-18-9-13-26(14-10-18)12-5-15-27-2;/h6-7,16,18H,4-5,8-15H2,1-3H3,(H2,23,24,25);1H. The van der Waals surface area contributed by atoms with Gasteiger partial charge in [-0.1, -0.05) is 17.7 Å². The van der Waals surface area contributed by atoms with Gasteiger partial charge in [0.25, 0.3) is 0 Å². The van der Waals surface area contributed by atoms with Gasteiger partial charge in [0.05, 0.1) is 7.11 Å². The minimum Gasteiger partial charge on any atom is -0.497 e. The maximum Gasteiger partial charge on any atom is 0.191 e. The number of aliphatic imine (C=N–C) groups is 1. The lowest BCUT2D eigenvalue weighted by Crippen LogP contribution is -2.49. The molecule has 1 saturated heterocycles. The summed E-state index contributed by atoms with van der Waals surface area (Å²) < 4.78 is 10.3. The summed E-state index contributed by atoms with van der Waals surface area (Å²) in [5, 5.41) is 7.69. The number of nitrogens with zero attached hydrogens (tertiary/aromatic N) is 2. The Hall–Kier alpha value is -0.770. The normalized spacial score (nSPS) is 15.7. The second kappa shape index (κ2) is 15.1. The largest absolute Gasteiger partial charge is 0.497 e. The number of hydrogen-bond acceptors (Lipinski definition) is 4. The number of halogens is 2. The van der Waals surface area contributed by atoms with Gasteiger partial charge in [0.2, 0.25) is 0 Å². The van der Waals surface area contributed by atoms with E-state index in [1.807, 2.05) is 18.2 Å². The average molecular weight is 539 g/mol. The Morgan fingerprint density at radius 2 is 2.03 bits per heavy atom. The first-order valence-electron chi connectivity index (χ1n) is 10.2. The van der Waals surface area contributed by atoms with Crippen molar-refractivity contribution in [3.05, 3.63) is 28.8 Å². The van der Waals surface area contributed by atoms with Crippen LogP contribution in [0, 0.1) is 0 Å². The van der Waals surface area contributed by atoms with Gasteiger partial charge in [0.1, 0.15) is 5.75 Å². The number of hydrogen-bond donors (Lipinski definition) is 2. The number of rotatable bonds is 10. The first-order valence-corrected chi connectivity index (χ1v) is 10.6. The molecule has 8 heteroatoms. The smallest absolute Gasteiger partial charge is 0.191 e. The third-order valence-corrected chi connectivity index (χ3v) is 5.36. The molecule has 0 aromatic heterocycles. The van der Waals surface area contributed by atoms with E-state index in [0.29, 0.717) is 12.6 Å². The lowest BCUT2D eigenvalue weighted by atomic mass is 10.1. The Morgan fingerprint density at radius 3 is 2.66 bits per heavy atom. The molecule has 0 atom stereocenters. The minimum absolute atomic E-state index is 0. The lowest BCUT2D eigenvalue weighted by Gasteiger charge is -2.33. The molecule has 1 fully saturated rings. The predicted octanol–water partition coefficient (Wildman–Crippen LogP) is 3.57. The highest BCUT2D eigenvalue weighted by Gasteiger charge is 2.19. The van der Waals surface area contributed by atoms with E-state index in [-0.39, 0.29) is 24.0 Å². The van der Waals surface area contributed by atoms with Crippen molar-refractivity contribution < 1.29 is 9.47 Å². The summed E-state index contributed by atoms with van der Waals surface area (Å²) in [7, 11) is 3.41. The maximum atomic E-state index is 6.33. The van der Waals surface area contributed by atoms with Crippen LogP contribution in [0.25, 0.3) is 0 Å². The van der Waals surface area contributed by atoms with E-state index < -0.39 is 0 Å². The molecule has 1 aliphatic heterocycles. The second-order valence-electron chi connectivity index (χ2n) is 7.07. The highest BCUT2D eigenvalue weighted by molar-refractivity contribution is 14.0. The molecule has 0 unspecified atom stereocenters. The SMILES string of the molecule is CCNC(=NCCc1ccc(OC)cc1Cl)NC1CCN(CCCOC)CC1.I. The van der Waals surface area contributed by atoms with Crippen LogP contribution in [0.5, 0.6) is 5.75 Å². The first-order chi connectivity index (χ1) is 13.7. The van der Waals surface area contributed by atoms with Crippen molar-refractivity contribution in [1.82, 2.24) is 15.5 Å². The Kier molecular flexibility index (Phi) is 13.7. The van der Waals surface area contributed by atoms with Gasteiger partial charge >= 0.3 is 0 Å². The molecule has 1 aromatic carbocycles. The van der Waals surface area contributed by atoms with E-state index in [2.05, 4.69) is 22.5 Å². The number of methoxy groups -OCH3 is 2. The second-order valence-corrected chi connectivity index (χ2v) is 7.48. The zero-order valence-corrected chi connectivity index (χ0v) is 21.0.